The molecule has 0 radical (unpaired) electrons. The first-order valence-electron chi connectivity index (χ1n) is 8.85. The second kappa shape index (κ2) is 7.48. The Hall–Kier alpha value is -3.12. The van der Waals surface area contributed by atoms with E-state index in [0.717, 1.165) is 11.1 Å². The van der Waals surface area contributed by atoms with Crippen LogP contribution in [0.1, 0.15) is 6.42 Å². The lowest BCUT2D eigenvalue weighted by atomic mass is 10.1. The van der Waals surface area contributed by atoms with Crippen molar-refractivity contribution in [1.29, 1.82) is 0 Å². The van der Waals surface area contributed by atoms with Gasteiger partial charge in [-0.1, -0.05) is 17.7 Å². The Bertz CT molecular complexity index is 1070. The van der Waals surface area contributed by atoms with Crippen molar-refractivity contribution in [2.75, 3.05) is 23.9 Å². The van der Waals surface area contributed by atoms with E-state index in [1.54, 1.807) is 42.5 Å². The lowest BCUT2D eigenvalue weighted by Gasteiger charge is -2.17. The third kappa shape index (κ3) is 3.39. The highest BCUT2D eigenvalue weighted by Gasteiger charge is 2.35. The molecule has 1 atom stereocenters. The van der Waals surface area contributed by atoms with Gasteiger partial charge in [0.1, 0.15) is 5.75 Å². The number of aromatic nitrogens is 1. The zero-order chi connectivity index (χ0) is 19.7. The summed E-state index contributed by atoms with van der Waals surface area (Å²) in [7, 11) is 1.58. The lowest BCUT2D eigenvalue weighted by Crippen LogP contribution is -2.28. The molecule has 0 bridgehead atoms. The van der Waals surface area contributed by atoms with Crippen LogP contribution in [0.15, 0.2) is 54.7 Å². The standard InChI is InChI=1S/C21H18ClN3O3/c1-28-15-5-2-4-14(11-15)25-12-13(10-19(25)26)21(27)24-18-8-7-17(22)20-16(18)6-3-9-23-20/h2-9,11,13H,10,12H2,1H3,(H,24,27)/t13-/m0/s1. The van der Waals surface area contributed by atoms with Crippen LogP contribution in [0.2, 0.25) is 5.02 Å². The van der Waals surface area contributed by atoms with E-state index in [1.165, 1.54) is 0 Å². The first-order chi connectivity index (χ1) is 13.6. The Balaban J connectivity index is 1.54. The van der Waals surface area contributed by atoms with Crippen LogP contribution in [0, 0.1) is 5.92 Å². The molecule has 1 fully saturated rings. The summed E-state index contributed by atoms with van der Waals surface area (Å²) >= 11 is 6.19. The topological polar surface area (TPSA) is 71.5 Å². The number of fused-ring (bicyclic) bond motifs is 1. The Morgan fingerprint density at radius 2 is 2.11 bits per heavy atom. The van der Waals surface area contributed by atoms with Crippen LogP contribution < -0.4 is 15.0 Å². The van der Waals surface area contributed by atoms with Crippen molar-refractivity contribution in [3.05, 3.63) is 59.8 Å². The van der Waals surface area contributed by atoms with Crippen LogP contribution in [0.4, 0.5) is 11.4 Å². The van der Waals surface area contributed by atoms with E-state index < -0.39 is 5.92 Å². The second-order valence-corrected chi connectivity index (χ2v) is 7.00. The molecule has 142 valence electrons. The average molecular weight is 396 g/mol. The third-order valence-corrected chi connectivity index (χ3v) is 5.14. The van der Waals surface area contributed by atoms with Crippen LogP contribution in [-0.4, -0.2) is 30.5 Å². The molecule has 0 aliphatic carbocycles. The molecule has 2 aromatic carbocycles. The minimum atomic E-state index is -0.443. The van der Waals surface area contributed by atoms with E-state index in [2.05, 4.69) is 10.3 Å². The zero-order valence-corrected chi connectivity index (χ0v) is 15.9. The molecule has 1 aliphatic heterocycles. The minimum absolute atomic E-state index is 0.0870. The highest BCUT2D eigenvalue weighted by molar-refractivity contribution is 6.35. The molecule has 2 heterocycles. The number of benzene rings is 2. The van der Waals surface area contributed by atoms with Crippen LogP contribution in [0.3, 0.4) is 0 Å². The molecule has 2 amide bonds. The van der Waals surface area contributed by atoms with E-state index in [9.17, 15) is 9.59 Å². The number of methoxy groups -OCH3 is 1. The molecule has 4 rings (SSSR count). The Labute approximate surface area is 167 Å². The normalized spacial score (nSPS) is 16.4. The lowest BCUT2D eigenvalue weighted by molar-refractivity contribution is -0.122. The first kappa shape index (κ1) is 18.3. The molecule has 3 aromatic rings. The SMILES string of the molecule is COc1cccc(N2C[C@@H](C(=O)Nc3ccc(Cl)c4ncccc34)CC2=O)c1. The van der Waals surface area contributed by atoms with Gasteiger partial charge in [0, 0.05) is 36.3 Å². The predicted octanol–water partition coefficient (Wildman–Crippen LogP) is 3.89. The molecule has 6 nitrogen and oxygen atoms in total. The second-order valence-electron chi connectivity index (χ2n) is 6.59. The maximum absolute atomic E-state index is 12.8. The van der Waals surface area contributed by atoms with Crippen molar-refractivity contribution < 1.29 is 14.3 Å². The van der Waals surface area contributed by atoms with E-state index in [-0.39, 0.29) is 18.2 Å². The maximum atomic E-state index is 12.8. The summed E-state index contributed by atoms with van der Waals surface area (Å²) in [4.78, 5) is 31.2. The van der Waals surface area contributed by atoms with E-state index >= 15 is 0 Å². The van der Waals surface area contributed by atoms with Crippen LogP contribution in [0.25, 0.3) is 10.9 Å². The van der Waals surface area contributed by atoms with Gasteiger partial charge in [0.15, 0.2) is 0 Å². The van der Waals surface area contributed by atoms with Crippen molar-refractivity contribution in [1.82, 2.24) is 4.98 Å². The van der Waals surface area contributed by atoms with Gasteiger partial charge in [-0.3, -0.25) is 14.6 Å². The number of nitrogens with one attached hydrogen (secondary N) is 1. The molecule has 1 N–H and O–H groups in total. The van der Waals surface area contributed by atoms with Crippen molar-refractivity contribution in [2.24, 2.45) is 5.92 Å². The van der Waals surface area contributed by atoms with E-state index in [0.29, 0.717) is 28.5 Å². The number of nitrogens with zero attached hydrogens (tertiary/aromatic N) is 2. The zero-order valence-electron chi connectivity index (χ0n) is 15.2. The van der Waals surface area contributed by atoms with E-state index in [4.69, 9.17) is 16.3 Å². The van der Waals surface area contributed by atoms with Crippen LogP contribution in [-0.2, 0) is 9.59 Å². The fraction of sp³-hybridized carbons (Fsp3) is 0.190. The van der Waals surface area contributed by atoms with Crippen LogP contribution in [0.5, 0.6) is 5.75 Å². The van der Waals surface area contributed by atoms with Crippen molar-refractivity contribution in [2.45, 2.75) is 6.42 Å². The molecule has 0 spiro atoms. The average Bonchev–Trinajstić information content (AvgIpc) is 3.12. The third-order valence-electron chi connectivity index (χ3n) is 4.84. The fourth-order valence-corrected chi connectivity index (χ4v) is 3.61. The number of carbonyl (C=O) groups is 2. The Morgan fingerprint density at radius 1 is 1.25 bits per heavy atom. The number of hydrogen-bond donors (Lipinski definition) is 1. The Morgan fingerprint density at radius 3 is 2.93 bits per heavy atom. The smallest absolute Gasteiger partial charge is 0.229 e. The van der Waals surface area contributed by atoms with Gasteiger partial charge >= 0.3 is 0 Å². The molecule has 28 heavy (non-hydrogen) atoms. The summed E-state index contributed by atoms with van der Waals surface area (Å²) in [6.07, 6.45) is 1.81. The van der Waals surface area contributed by atoms with Gasteiger partial charge in [-0.2, -0.15) is 0 Å². The van der Waals surface area contributed by atoms with Gasteiger partial charge in [-0.15, -0.1) is 0 Å². The highest BCUT2D eigenvalue weighted by atomic mass is 35.5. The molecule has 1 saturated heterocycles. The number of pyridine rings is 1. The summed E-state index contributed by atoms with van der Waals surface area (Å²) in [5, 5.41) is 4.21. The fourth-order valence-electron chi connectivity index (χ4n) is 3.39. The number of anilines is 2. The maximum Gasteiger partial charge on any atom is 0.229 e. The molecule has 0 saturated carbocycles. The molecule has 1 aliphatic rings. The Kier molecular flexibility index (Phi) is 4.88. The number of rotatable bonds is 4. The summed E-state index contributed by atoms with van der Waals surface area (Å²) in [6.45, 7) is 0.321. The summed E-state index contributed by atoms with van der Waals surface area (Å²) in [5.41, 5.74) is 1.98. The molecular formula is C21H18ClN3O3. The van der Waals surface area contributed by atoms with Gasteiger partial charge in [-0.05, 0) is 36.4 Å². The van der Waals surface area contributed by atoms with E-state index in [1.807, 2.05) is 24.3 Å². The minimum Gasteiger partial charge on any atom is -0.497 e. The van der Waals surface area contributed by atoms with Crippen LogP contribution >= 0.6 is 11.6 Å². The van der Waals surface area contributed by atoms with Gasteiger partial charge in [0.2, 0.25) is 11.8 Å². The van der Waals surface area contributed by atoms with Crippen molar-refractivity contribution >= 4 is 45.7 Å². The summed E-state index contributed by atoms with van der Waals surface area (Å²) in [6, 6.07) is 14.4. The van der Waals surface area contributed by atoms with Gasteiger partial charge < -0.3 is 15.0 Å². The van der Waals surface area contributed by atoms with Crippen molar-refractivity contribution in [3.8, 4) is 5.75 Å². The summed E-state index contributed by atoms with van der Waals surface area (Å²) < 4.78 is 5.22. The molecule has 0 unspecified atom stereocenters. The monoisotopic (exact) mass is 395 g/mol. The number of hydrogen-bond acceptors (Lipinski definition) is 4. The number of carbonyl (C=O) groups excluding carboxylic acids is 2. The van der Waals surface area contributed by atoms with Crippen molar-refractivity contribution in [3.63, 3.8) is 0 Å². The number of amides is 2. The summed E-state index contributed by atoms with van der Waals surface area (Å²) in [5.74, 6) is -0.0679. The highest BCUT2D eigenvalue weighted by Crippen LogP contribution is 2.31. The first-order valence-corrected chi connectivity index (χ1v) is 9.23. The quantitative estimate of drug-likeness (QED) is 0.727. The van der Waals surface area contributed by atoms with Gasteiger partial charge in [0.25, 0.3) is 0 Å². The number of ether oxygens (including phenoxy) is 1. The predicted molar refractivity (Wildman–Crippen MR) is 109 cm³/mol. The van der Waals surface area contributed by atoms with Gasteiger partial charge in [-0.25, -0.2) is 0 Å². The molecule has 1 aromatic heterocycles. The number of halogens is 1. The largest absolute Gasteiger partial charge is 0.497 e. The molecular weight excluding hydrogens is 378 g/mol. The molecule has 7 heteroatoms. The van der Waals surface area contributed by atoms with Gasteiger partial charge in [0.05, 0.1) is 29.3 Å².